The second-order valence-corrected chi connectivity index (χ2v) is 8.25. The molecular formula is C25H18Cl2N2O4. The smallest absolute Gasteiger partial charge is 0.335 e. The van der Waals surface area contributed by atoms with E-state index in [0.717, 1.165) is 10.5 Å². The lowest BCUT2D eigenvalue weighted by molar-refractivity contribution is -0.122. The van der Waals surface area contributed by atoms with E-state index in [1.165, 1.54) is 12.1 Å². The van der Waals surface area contributed by atoms with Crippen molar-refractivity contribution in [2.45, 2.75) is 13.5 Å². The number of anilines is 1. The minimum absolute atomic E-state index is 0.180. The molecule has 4 rings (SSSR count). The third kappa shape index (κ3) is 5.08. The highest BCUT2D eigenvalue weighted by molar-refractivity contribution is 6.39. The third-order valence-corrected chi connectivity index (χ3v) is 5.45. The highest BCUT2D eigenvalue weighted by atomic mass is 35.5. The monoisotopic (exact) mass is 480 g/mol. The molecule has 8 heteroatoms. The normalized spacial score (nSPS) is 15.1. The Morgan fingerprint density at radius 1 is 0.939 bits per heavy atom. The molecule has 1 N–H and O–H groups in total. The summed E-state index contributed by atoms with van der Waals surface area (Å²) in [5.41, 5.74) is 2.25. The zero-order chi connectivity index (χ0) is 23.5. The first kappa shape index (κ1) is 22.6. The molecule has 4 amide bonds. The van der Waals surface area contributed by atoms with Crippen LogP contribution in [0.3, 0.4) is 0 Å². The second-order valence-electron chi connectivity index (χ2n) is 7.38. The Labute approximate surface area is 200 Å². The molecule has 0 spiro atoms. The van der Waals surface area contributed by atoms with E-state index >= 15 is 0 Å². The molecule has 1 aliphatic rings. The minimum atomic E-state index is -0.828. The number of nitrogens with one attached hydrogen (secondary N) is 1. The Hall–Kier alpha value is -3.61. The number of benzene rings is 3. The SMILES string of the molecule is Cc1ccc(Cl)cc1N1C(=O)NC(=O)/C(=C/c2cccc(OCc3cccc(Cl)c3)c2)C1=O. The predicted octanol–water partition coefficient (Wildman–Crippen LogP) is 5.55. The van der Waals surface area contributed by atoms with Gasteiger partial charge in [0.1, 0.15) is 17.9 Å². The van der Waals surface area contributed by atoms with Crippen LogP contribution in [-0.2, 0) is 16.2 Å². The molecule has 1 saturated heterocycles. The van der Waals surface area contributed by atoms with Crippen LogP contribution in [0.5, 0.6) is 5.75 Å². The lowest BCUT2D eigenvalue weighted by Gasteiger charge is -2.27. The fourth-order valence-corrected chi connectivity index (χ4v) is 3.73. The highest BCUT2D eigenvalue weighted by Crippen LogP contribution is 2.28. The van der Waals surface area contributed by atoms with Gasteiger partial charge < -0.3 is 4.74 Å². The Kier molecular flexibility index (Phi) is 6.49. The van der Waals surface area contributed by atoms with Crippen molar-refractivity contribution in [1.29, 1.82) is 0 Å². The van der Waals surface area contributed by atoms with Crippen LogP contribution in [0.4, 0.5) is 10.5 Å². The summed E-state index contributed by atoms with van der Waals surface area (Å²) in [4.78, 5) is 38.9. The summed E-state index contributed by atoms with van der Waals surface area (Å²) in [6, 6.07) is 18.3. The summed E-state index contributed by atoms with van der Waals surface area (Å²) in [5.74, 6) is -0.961. The maximum absolute atomic E-state index is 13.1. The lowest BCUT2D eigenvalue weighted by atomic mass is 10.1. The average molecular weight is 481 g/mol. The van der Waals surface area contributed by atoms with E-state index in [9.17, 15) is 14.4 Å². The topological polar surface area (TPSA) is 75.7 Å². The van der Waals surface area contributed by atoms with Gasteiger partial charge in [-0.05, 0) is 66.1 Å². The molecule has 0 bridgehead atoms. The predicted molar refractivity (Wildman–Crippen MR) is 127 cm³/mol. The second kappa shape index (κ2) is 9.48. The summed E-state index contributed by atoms with van der Waals surface area (Å²) in [7, 11) is 0. The fraction of sp³-hybridized carbons (Fsp3) is 0.0800. The van der Waals surface area contributed by atoms with Crippen LogP contribution in [0, 0.1) is 6.92 Å². The number of aryl methyl sites for hydroxylation is 1. The summed E-state index contributed by atoms with van der Waals surface area (Å²) in [6.07, 6.45) is 1.42. The Morgan fingerprint density at radius 3 is 2.48 bits per heavy atom. The van der Waals surface area contributed by atoms with Gasteiger partial charge in [0.2, 0.25) is 0 Å². The first-order valence-corrected chi connectivity index (χ1v) is 10.7. The first-order valence-electron chi connectivity index (χ1n) is 9.97. The van der Waals surface area contributed by atoms with Crippen LogP contribution in [0.25, 0.3) is 6.08 Å². The van der Waals surface area contributed by atoms with Crippen LogP contribution in [0.2, 0.25) is 10.0 Å². The van der Waals surface area contributed by atoms with Crippen molar-refractivity contribution < 1.29 is 19.1 Å². The van der Waals surface area contributed by atoms with Gasteiger partial charge in [-0.3, -0.25) is 14.9 Å². The summed E-state index contributed by atoms with van der Waals surface area (Å²) in [5, 5.41) is 3.19. The van der Waals surface area contributed by atoms with Crippen molar-refractivity contribution in [3.63, 3.8) is 0 Å². The number of amides is 4. The van der Waals surface area contributed by atoms with Gasteiger partial charge in [-0.15, -0.1) is 0 Å². The van der Waals surface area contributed by atoms with E-state index in [4.69, 9.17) is 27.9 Å². The molecule has 3 aromatic carbocycles. The number of urea groups is 1. The molecule has 0 aromatic heterocycles. The van der Waals surface area contributed by atoms with Crippen LogP contribution < -0.4 is 15.0 Å². The number of rotatable bonds is 5. The zero-order valence-corrected chi connectivity index (χ0v) is 19.0. The Bertz CT molecular complexity index is 1300. The molecular weight excluding hydrogens is 463 g/mol. The minimum Gasteiger partial charge on any atom is -0.489 e. The van der Waals surface area contributed by atoms with Crippen molar-refractivity contribution >= 4 is 52.8 Å². The van der Waals surface area contributed by atoms with Crippen molar-refractivity contribution in [2.75, 3.05) is 4.90 Å². The molecule has 33 heavy (non-hydrogen) atoms. The third-order valence-electron chi connectivity index (χ3n) is 4.98. The van der Waals surface area contributed by atoms with E-state index in [-0.39, 0.29) is 5.57 Å². The molecule has 3 aromatic rings. The zero-order valence-electron chi connectivity index (χ0n) is 17.5. The number of carbonyl (C=O) groups excluding carboxylic acids is 3. The highest BCUT2D eigenvalue weighted by Gasteiger charge is 2.37. The van der Waals surface area contributed by atoms with Gasteiger partial charge in [-0.2, -0.15) is 0 Å². The van der Waals surface area contributed by atoms with Gasteiger partial charge >= 0.3 is 6.03 Å². The van der Waals surface area contributed by atoms with Crippen molar-refractivity contribution in [2.24, 2.45) is 0 Å². The average Bonchev–Trinajstić information content (AvgIpc) is 2.78. The maximum atomic E-state index is 13.1. The van der Waals surface area contributed by atoms with Crippen LogP contribution in [0.15, 0.2) is 72.3 Å². The van der Waals surface area contributed by atoms with Gasteiger partial charge in [-0.25, -0.2) is 9.69 Å². The van der Waals surface area contributed by atoms with Gasteiger partial charge in [0.25, 0.3) is 11.8 Å². The quantitative estimate of drug-likeness (QED) is 0.383. The molecule has 166 valence electrons. The van der Waals surface area contributed by atoms with Gasteiger partial charge in [-0.1, -0.05) is 53.5 Å². The van der Waals surface area contributed by atoms with Crippen molar-refractivity contribution in [3.8, 4) is 5.75 Å². The number of hydrogen-bond acceptors (Lipinski definition) is 4. The van der Waals surface area contributed by atoms with E-state index in [1.54, 1.807) is 49.4 Å². The van der Waals surface area contributed by atoms with E-state index in [0.29, 0.717) is 39.2 Å². The van der Waals surface area contributed by atoms with Gasteiger partial charge in [0.15, 0.2) is 0 Å². The van der Waals surface area contributed by atoms with E-state index < -0.39 is 17.8 Å². The van der Waals surface area contributed by atoms with Gasteiger partial charge in [0, 0.05) is 10.0 Å². The summed E-state index contributed by atoms with van der Waals surface area (Å²) < 4.78 is 5.81. The van der Waals surface area contributed by atoms with E-state index in [2.05, 4.69) is 5.32 Å². The molecule has 1 heterocycles. The molecule has 0 radical (unpaired) electrons. The number of imide groups is 2. The number of hydrogen-bond donors (Lipinski definition) is 1. The molecule has 0 aliphatic carbocycles. The number of ether oxygens (including phenoxy) is 1. The van der Waals surface area contributed by atoms with Crippen LogP contribution >= 0.6 is 23.2 Å². The summed E-state index contributed by atoms with van der Waals surface area (Å²) >= 11 is 12.1. The maximum Gasteiger partial charge on any atom is 0.335 e. The lowest BCUT2D eigenvalue weighted by Crippen LogP contribution is -2.54. The molecule has 1 aliphatic heterocycles. The summed E-state index contributed by atoms with van der Waals surface area (Å²) in [6.45, 7) is 2.04. The Balaban J connectivity index is 1.60. The largest absolute Gasteiger partial charge is 0.489 e. The fourth-order valence-electron chi connectivity index (χ4n) is 3.35. The van der Waals surface area contributed by atoms with Crippen molar-refractivity contribution in [3.05, 3.63) is 99.0 Å². The number of halogens is 2. The number of carbonyl (C=O) groups is 3. The molecule has 1 fully saturated rings. The Morgan fingerprint density at radius 2 is 1.70 bits per heavy atom. The van der Waals surface area contributed by atoms with Crippen LogP contribution in [0.1, 0.15) is 16.7 Å². The first-order chi connectivity index (χ1) is 15.8. The van der Waals surface area contributed by atoms with Gasteiger partial charge in [0.05, 0.1) is 5.69 Å². The number of barbiturate groups is 1. The molecule has 0 saturated carbocycles. The molecule has 6 nitrogen and oxygen atoms in total. The van der Waals surface area contributed by atoms with Crippen molar-refractivity contribution in [1.82, 2.24) is 5.32 Å². The standard InChI is InChI=1S/C25H18Cl2N2O4/c1-15-8-9-19(27)13-22(15)29-24(31)21(23(30)28-25(29)32)12-16-4-3-7-20(11-16)33-14-17-5-2-6-18(26)10-17/h2-13H,14H2,1H3,(H,28,30,32)/b21-12-. The molecule has 0 unspecified atom stereocenters. The number of nitrogens with zero attached hydrogens (tertiary/aromatic N) is 1. The van der Waals surface area contributed by atoms with Crippen LogP contribution in [-0.4, -0.2) is 17.8 Å². The molecule has 0 atom stereocenters. The van der Waals surface area contributed by atoms with E-state index in [1.807, 2.05) is 18.2 Å².